The van der Waals surface area contributed by atoms with Crippen molar-refractivity contribution in [1.29, 1.82) is 0 Å². The molecule has 0 unspecified atom stereocenters. The fraction of sp³-hybridized carbons (Fsp3) is 0.214. The van der Waals surface area contributed by atoms with Gasteiger partial charge in [-0.2, -0.15) is 0 Å². The molecule has 2 rings (SSSR count). The monoisotopic (exact) mass is 245 g/mol. The van der Waals surface area contributed by atoms with Crippen LogP contribution in [0.5, 0.6) is 0 Å². The van der Waals surface area contributed by atoms with Gasteiger partial charge in [-0.1, -0.05) is 30.3 Å². The number of carbonyl (C=O) groups excluding carboxylic acids is 1. The van der Waals surface area contributed by atoms with E-state index >= 15 is 0 Å². The molecule has 2 nitrogen and oxygen atoms in total. The number of carbonyl (C=O) groups is 1. The highest BCUT2D eigenvalue weighted by molar-refractivity contribution is 7.10. The lowest BCUT2D eigenvalue weighted by Gasteiger charge is -2.10. The molecule has 0 N–H and O–H groups in total. The number of benzene rings is 1. The maximum atomic E-state index is 11.7. The van der Waals surface area contributed by atoms with Gasteiger partial charge in [0.25, 0.3) is 0 Å². The number of likely N-dealkylation sites (N-methyl/N-ethyl adjacent to an activating group) is 1. The number of hydrogen-bond acceptors (Lipinski definition) is 2. The van der Waals surface area contributed by atoms with Crippen LogP contribution >= 0.6 is 11.3 Å². The van der Waals surface area contributed by atoms with E-state index < -0.39 is 0 Å². The first-order valence-corrected chi connectivity index (χ1v) is 6.38. The fourth-order valence-electron chi connectivity index (χ4n) is 1.65. The molecule has 1 aromatic heterocycles. The SMILES string of the molecule is CN(C)C(=O)Cc1sccc1-c1ccccc1. The second-order valence-electron chi connectivity index (χ2n) is 4.09. The zero-order chi connectivity index (χ0) is 12.3. The Hall–Kier alpha value is -1.61. The Morgan fingerprint density at radius 2 is 1.88 bits per heavy atom. The number of thiophene rings is 1. The van der Waals surface area contributed by atoms with Gasteiger partial charge >= 0.3 is 0 Å². The Bertz CT molecular complexity index is 502. The highest BCUT2D eigenvalue weighted by Crippen LogP contribution is 2.28. The summed E-state index contributed by atoms with van der Waals surface area (Å²) < 4.78 is 0. The van der Waals surface area contributed by atoms with Crippen molar-refractivity contribution in [2.45, 2.75) is 6.42 Å². The van der Waals surface area contributed by atoms with E-state index in [4.69, 9.17) is 0 Å². The minimum Gasteiger partial charge on any atom is -0.349 e. The van der Waals surface area contributed by atoms with E-state index in [0.29, 0.717) is 6.42 Å². The van der Waals surface area contributed by atoms with Gasteiger partial charge in [0.05, 0.1) is 6.42 Å². The molecule has 1 amide bonds. The largest absolute Gasteiger partial charge is 0.349 e. The van der Waals surface area contributed by atoms with Crippen molar-refractivity contribution in [3.8, 4) is 11.1 Å². The molecule has 0 aliphatic carbocycles. The van der Waals surface area contributed by atoms with Crippen molar-refractivity contribution < 1.29 is 4.79 Å². The Morgan fingerprint density at radius 3 is 2.53 bits per heavy atom. The van der Waals surface area contributed by atoms with Crippen LogP contribution in [-0.4, -0.2) is 24.9 Å². The first-order valence-electron chi connectivity index (χ1n) is 5.50. The van der Waals surface area contributed by atoms with Gasteiger partial charge in [-0.15, -0.1) is 11.3 Å². The summed E-state index contributed by atoms with van der Waals surface area (Å²) in [7, 11) is 3.58. The average Bonchev–Trinajstić information content (AvgIpc) is 2.78. The molecule has 0 bridgehead atoms. The van der Waals surface area contributed by atoms with E-state index in [-0.39, 0.29) is 5.91 Å². The van der Waals surface area contributed by atoms with Crippen molar-refractivity contribution in [1.82, 2.24) is 4.90 Å². The summed E-state index contributed by atoms with van der Waals surface area (Å²) in [5.74, 6) is 0.143. The van der Waals surface area contributed by atoms with Crippen LogP contribution in [0.1, 0.15) is 4.88 Å². The number of hydrogen-bond donors (Lipinski definition) is 0. The molecule has 0 fully saturated rings. The molecule has 1 aromatic carbocycles. The summed E-state index contributed by atoms with van der Waals surface area (Å²) in [6, 6.07) is 12.3. The van der Waals surface area contributed by atoms with Crippen LogP contribution in [-0.2, 0) is 11.2 Å². The lowest BCUT2D eigenvalue weighted by atomic mass is 10.1. The normalized spacial score (nSPS) is 10.2. The zero-order valence-electron chi connectivity index (χ0n) is 10.0. The molecule has 2 aromatic rings. The Kier molecular flexibility index (Phi) is 3.59. The van der Waals surface area contributed by atoms with E-state index in [1.807, 2.05) is 23.6 Å². The molecule has 88 valence electrons. The van der Waals surface area contributed by atoms with Crippen LogP contribution in [0.4, 0.5) is 0 Å². The third-order valence-electron chi connectivity index (χ3n) is 2.64. The maximum absolute atomic E-state index is 11.7. The van der Waals surface area contributed by atoms with Crippen LogP contribution in [0.25, 0.3) is 11.1 Å². The van der Waals surface area contributed by atoms with E-state index in [1.165, 1.54) is 11.1 Å². The standard InChI is InChI=1S/C14H15NOS/c1-15(2)14(16)10-13-12(8-9-17-13)11-6-4-3-5-7-11/h3-9H,10H2,1-2H3. The lowest BCUT2D eigenvalue weighted by molar-refractivity contribution is -0.127. The van der Waals surface area contributed by atoms with Crippen molar-refractivity contribution in [2.75, 3.05) is 14.1 Å². The first kappa shape index (κ1) is 11.9. The molecule has 0 aliphatic heterocycles. The van der Waals surface area contributed by atoms with Gasteiger partial charge in [0.15, 0.2) is 0 Å². The topological polar surface area (TPSA) is 20.3 Å². The first-order chi connectivity index (χ1) is 8.18. The quantitative estimate of drug-likeness (QED) is 0.814. The van der Waals surface area contributed by atoms with E-state index in [2.05, 4.69) is 18.2 Å². The molecular formula is C14H15NOS. The van der Waals surface area contributed by atoms with Gasteiger partial charge in [0.2, 0.25) is 5.91 Å². The molecular weight excluding hydrogens is 230 g/mol. The van der Waals surface area contributed by atoms with Gasteiger partial charge in [0.1, 0.15) is 0 Å². The molecule has 0 saturated heterocycles. The summed E-state index contributed by atoms with van der Waals surface area (Å²) in [5, 5.41) is 2.04. The van der Waals surface area contributed by atoms with Gasteiger partial charge in [-0.3, -0.25) is 4.79 Å². The fourth-order valence-corrected chi connectivity index (χ4v) is 2.54. The molecule has 3 heteroatoms. The molecule has 0 saturated carbocycles. The second-order valence-corrected chi connectivity index (χ2v) is 5.09. The van der Waals surface area contributed by atoms with Gasteiger partial charge in [0, 0.05) is 19.0 Å². The van der Waals surface area contributed by atoms with E-state index in [0.717, 1.165) is 4.88 Å². The lowest BCUT2D eigenvalue weighted by Crippen LogP contribution is -2.23. The van der Waals surface area contributed by atoms with Crippen molar-refractivity contribution in [3.05, 3.63) is 46.7 Å². The summed E-state index contributed by atoms with van der Waals surface area (Å²) >= 11 is 1.64. The molecule has 0 spiro atoms. The summed E-state index contributed by atoms with van der Waals surface area (Å²) in [4.78, 5) is 14.5. The molecule has 0 aliphatic rings. The van der Waals surface area contributed by atoms with Crippen LogP contribution < -0.4 is 0 Å². The van der Waals surface area contributed by atoms with Crippen LogP contribution in [0.3, 0.4) is 0 Å². The van der Waals surface area contributed by atoms with Gasteiger partial charge in [-0.05, 0) is 22.6 Å². The number of amides is 1. The molecule has 1 heterocycles. The smallest absolute Gasteiger partial charge is 0.227 e. The molecule has 17 heavy (non-hydrogen) atoms. The third kappa shape index (κ3) is 2.74. The Morgan fingerprint density at radius 1 is 1.18 bits per heavy atom. The van der Waals surface area contributed by atoms with Gasteiger partial charge < -0.3 is 4.90 Å². The summed E-state index contributed by atoms with van der Waals surface area (Å²) in [5.41, 5.74) is 2.35. The van der Waals surface area contributed by atoms with Crippen LogP contribution in [0.15, 0.2) is 41.8 Å². The molecule has 0 radical (unpaired) electrons. The van der Waals surface area contributed by atoms with Crippen molar-refractivity contribution >= 4 is 17.2 Å². The summed E-state index contributed by atoms with van der Waals surface area (Å²) in [6.45, 7) is 0. The second kappa shape index (κ2) is 5.15. The van der Waals surface area contributed by atoms with E-state index in [1.54, 1.807) is 30.3 Å². The minimum atomic E-state index is 0.143. The minimum absolute atomic E-state index is 0.143. The number of nitrogens with zero attached hydrogens (tertiary/aromatic N) is 1. The third-order valence-corrected chi connectivity index (χ3v) is 3.56. The van der Waals surface area contributed by atoms with Crippen molar-refractivity contribution in [3.63, 3.8) is 0 Å². The predicted octanol–water partition coefficient (Wildman–Crippen LogP) is 3.05. The predicted molar refractivity (Wildman–Crippen MR) is 72.2 cm³/mol. The Labute approximate surface area is 106 Å². The van der Waals surface area contributed by atoms with Crippen LogP contribution in [0, 0.1) is 0 Å². The number of rotatable bonds is 3. The zero-order valence-corrected chi connectivity index (χ0v) is 10.8. The molecule has 0 atom stereocenters. The highest BCUT2D eigenvalue weighted by atomic mass is 32.1. The van der Waals surface area contributed by atoms with Crippen LogP contribution in [0.2, 0.25) is 0 Å². The average molecular weight is 245 g/mol. The maximum Gasteiger partial charge on any atom is 0.227 e. The highest BCUT2D eigenvalue weighted by Gasteiger charge is 2.11. The van der Waals surface area contributed by atoms with Crippen molar-refractivity contribution in [2.24, 2.45) is 0 Å². The van der Waals surface area contributed by atoms with Gasteiger partial charge in [-0.25, -0.2) is 0 Å². The summed E-state index contributed by atoms with van der Waals surface area (Å²) in [6.07, 6.45) is 0.481. The Balaban J connectivity index is 2.27. The van der Waals surface area contributed by atoms with E-state index in [9.17, 15) is 4.79 Å².